The van der Waals surface area contributed by atoms with Crippen molar-refractivity contribution in [3.63, 3.8) is 0 Å². The molecule has 0 bridgehead atoms. The van der Waals surface area contributed by atoms with Gasteiger partial charge in [-0.05, 0) is 6.42 Å². The maximum Gasteiger partial charge on any atom is 0.0822 e. The molecule has 1 heteroatoms. The first-order chi connectivity index (χ1) is 10.4. The third-order valence-corrected chi connectivity index (χ3v) is 4.50. The van der Waals surface area contributed by atoms with Gasteiger partial charge in [0.2, 0.25) is 0 Å². The lowest BCUT2D eigenvalue weighted by molar-refractivity contribution is 0.186. The van der Waals surface area contributed by atoms with Crippen molar-refractivity contribution < 1.29 is 5.11 Å². The van der Waals surface area contributed by atoms with Crippen molar-refractivity contribution >= 4 is 0 Å². The zero-order valence-corrected chi connectivity index (χ0v) is 14.8. The number of rotatable bonds is 18. The zero-order chi connectivity index (χ0) is 15.4. The van der Waals surface area contributed by atoms with Crippen molar-refractivity contribution in [2.75, 3.05) is 6.61 Å². The minimum atomic E-state index is 0.124. The molecule has 0 aliphatic carbocycles. The summed E-state index contributed by atoms with van der Waals surface area (Å²) < 4.78 is 0. The smallest absolute Gasteiger partial charge is 0.0822 e. The molecule has 0 heterocycles. The van der Waals surface area contributed by atoms with Crippen LogP contribution in [0.2, 0.25) is 0 Å². The largest absolute Gasteiger partial charge is 0.237 e. The molecule has 1 radical (unpaired) electrons. The molecule has 0 atom stereocenters. The van der Waals surface area contributed by atoms with E-state index < -0.39 is 0 Å². The van der Waals surface area contributed by atoms with E-state index in [1.54, 1.807) is 0 Å². The van der Waals surface area contributed by atoms with Crippen LogP contribution >= 0.6 is 0 Å². The predicted molar refractivity (Wildman–Crippen MR) is 94.3 cm³/mol. The van der Waals surface area contributed by atoms with E-state index in [4.69, 9.17) is 0 Å². The Kier molecular flexibility index (Phi) is 19.9. The maximum atomic E-state index is 10.3. The molecular weight excluding hydrogens is 256 g/mol. The third kappa shape index (κ3) is 20.0. The second kappa shape index (κ2) is 20.0. The van der Waals surface area contributed by atoms with E-state index in [0.717, 1.165) is 12.8 Å². The molecule has 0 saturated heterocycles. The van der Waals surface area contributed by atoms with Crippen molar-refractivity contribution in [3.05, 3.63) is 0 Å². The lowest BCUT2D eigenvalue weighted by atomic mass is 10.0. The third-order valence-electron chi connectivity index (χ3n) is 4.50. The Labute approximate surface area is 134 Å². The Hall–Kier alpha value is -0.0400. The van der Waals surface area contributed by atoms with E-state index in [2.05, 4.69) is 6.92 Å². The van der Waals surface area contributed by atoms with Crippen LogP contribution in [0.4, 0.5) is 0 Å². The van der Waals surface area contributed by atoms with Gasteiger partial charge in [-0.3, -0.25) is 0 Å². The second-order valence-corrected chi connectivity index (χ2v) is 6.71. The van der Waals surface area contributed by atoms with Crippen LogP contribution in [-0.4, -0.2) is 6.61 Å². The summed E-state index contributed by atoms with van der Waals surface area (Å²) in [4.78, 5) is 0. The zero-order valence-electron chi connectivity index (χ0n) is 14.8. The van der Waals surface area contributed by atoms with E-state index in [0.29, 0.717) is 0 Å². The van der Waals surface area contributed by atoms with Gasteiger partial charge in [0.25, 0.3) is 0 Å². The van der Waals surface area contributed by atoms with Crippen LogP contribution in [-0.2, 0) is 5.11 Å². The fourth-order valence-electron chi connectivity index (χ4n) is 3.00. The average molecular weight is 298 g/mol. The molecule has 0 aromatic rings. The minimum absolute atomic E-state index is 0.124. The lowest BCUT2D eigenvalue weighted by Gasteiger charge is -2.03. The molecule has 0 aliphatic heterocycles. The van der Waals surface area contributed by atoms with Gasteiger partial charge in [0, 0.05) is 0 Å². The van der Waals surface area contributed by atoms with Crippen LogP contribution in [0.3, 0.4) is 0 Å². The van der Waals surface area contributed by atoms with Crippen molar-refractivity contribution in [2.45, 2.75) is 122 Å². The van der Waals surface area contributed by atoms with Crippen LogP contribution in [0.25, 0.3) is 0 Å². The monoisotopic (exact) mass is 297 g/mol. The SMILES string of the molecule is CCCCCCCCCCCCCCCCCCCC[O]. The molecule has 0 N–H and O–H groups in total. The summed E-state index contributed by atoms with van der Waals surface area (Å²) in [6.45, 7) is 2.41. The predicted octanol–water partition coefficient (Wildman–Crippen LogP) is 7.46. The summed E-state index contributed by atoms with van der Waals surface area (Å²) in [5, 5.41) is 10.3. The number of hydrogen-bond donors (Lipinski definition) is 0. The summed E-state index contributed by atoms with van der Waals surface area (Å²) in [5.74, 6) is 0. The maximum absolute atomic E-state index is 10.3. The van der Waals surface area contributed by atoms with E-state index in [9.17, 15) is 5.11 Å². The highest BCUT2D eigenvalue weighted by Crippen LogP contribution is 2.14. The quantitative estimate of drug-likeness (QED) is 0.234. The average Bonchev–Trinajstić information content (AvgIpc) is 2.50. The first kappa shape index (κ1) is 21.0. The topological polar surface area (TPSA) is 19.9 Å². The molecule has 0 aromatic heterocycles. The second-order valence-electron chi connectivity index (χ2n) is 6.71. The molecule has 0 fully saturated rings. The van der Waals surface area contributed by atoms with Crippen LogP contribution in [0.5, 0.6) is 0 Å². The number of unbranched alkanes of at least 4 members (excludes halogenated alkanes) is 17. The summed E-state index contributed by atoms with van der Waals surface area (Å²) in [6, 6.07) is 0. The first-order valence-electron chi connectivity index (χ1n) is 10.00. The standard InChI is InChI=1S/C20H41O/c1-2-3-4-5-6-7-8-9-10-11-12-13-14-15-16-17-18-19-20-21/h2-20H2,1H3. The highest BCUT2D eigenvalue weighted by atomic mass is 16.2. The van der Waals surface area contributed by atoms with Gasteiger partial charge >= 0.3 is 0 Å². The minimum Gasteiger partial charge on any atom is -0.237 e. The van der Waals surface area contributed by atoms with Crippen molar-refractivity contribution in [3.8, 4) is 0 Å². The van der Waals surface area contributed by atoms with Crippen molar-refractivity contribution in [1.82, 2.24) is 0 Å². The molecule has 0 unspecified atom stereocenters. The van der Waals surface area contributed by atoms with Crippen LogP contribution in [0.1, 0.15) is 122 Å². The Morgan fingerprint density at radius 1 is 0.381 bits per heavy atom. The fraction of sp³-hybridized carbons (Fsp3) is 1.00. The molecule has 0 aromatic carbocycles. The molecule has 0 spiro atoms. The summed E-state index contributed by atoms with van der Waals surface area (Å²) in [5.41, 5.74) is 0. The van der Waals surface area contributed by atoms with E-state index in [1.807, 2.05) is 0 Å². The molecule has 1 nitrogen and oxygen atoms in total. The van der Waals surface area contributed by atoms with Gasteiger partial charge in [-0.15, -0.1) is 0 Å². The Bertz CT molecular complexity index is 149. The Morgan fingerprint density at radius 2 is 0.619 bits per heavy atom. The fourth-order valence-corrected chi connectivity index (χ4v) is 3.00. The Morgan fingerprint density at radius 3 is 0.857 bits per heavy atom. The van der Waals surface area contributed by atoms with Gasteiger partial charge in [-0.1, -0.05) is 116 Å². The van der Waals surface area contributed by atoms with Crippen LogP contribution in [0, 0.1) is 0 Å². The molecule has 0 rings (SSSR count). The van der Waals surface area contributed by atoms with Gasteiger partial charge in [0.15, 0.2) is 0 Å². The summed E-state index contributed by atoms with van der Waals surface area (Å²) in [7, 11) is 0. The van der Waals surface area contributed by atoms with Gasteiger partial charge in [0.05, 0.1) is 6.61 Å². The lowest BCUT2D eigenvalue weighted by Crippen LogP contribution is -1.84. The van der Waals surface area contributed by atoms with E-state index >= 15 is 0 Å². The molecule has 0 amide bonds. The van der Waals surface area contributed by atoms with Gasteiger partial charge in [-0.25, -0.2) is 5.11 Å². The molecule has 21 heavy (non-hydrogen) atoms. The molecule has 127 valence electrons. The van der Waals surface area contributed by atoms with E-state index in [-0.39, 0.29) is 6.61 Å². The molecule has 0 saturated carbocycles. The Balaban J connectivity index is 2.90. The molecule has 0 aliphatic rings. The first-order valence-corrected chi connectivity index (χ1v) is 10.00. The summed E-state index contributed by atoms with van der Waals surface area (Å²) >= 11 is 0. The summed E-state index contributed by atoms with van der Waals surface area (Å²) in [6.07, 6.45) is 24.8. The highest BCUT2D eigenvalue weighted by Gasteiger charge is 1.94. The highest BCUT2D eigenvalue weighted by molar-refractivity contribution is 4.50. The van der Waals surface area contributed by atoms with Crippen molar-refractivity contribution in [2.24, 2.45) is 0 Å². The van der Waals surface area contributed by atoms with Crippen LogP contribution in [0.15, 0.2) is 0 Å². The van der Waals surface area contributed by atoms with E-state index in [1.165, 1.54) is 103 Å². The van der Waals surface area contributed by atoms with Crippen LogP contribution < -0.4 is 0 Å². The van der Waals surface area contributed by atoms with Gasteiger partial charge < -0.3 is 0 Å². The number of hydrogen-bond acceptors (Lipinski definition) is 0. The van der Waals surface area contributed by atoms with Gasteiger partial charge in [0.1, 0.15) is 0 Å². The van der Waals surface area contributed by atoms with Crippen molar-refractivity contribution in [1.29, 1.82) is 0 Å². The van der Waals surface area contributed by atoms with Gasteiger partial charge in [-0.2, -0.15) is 0 Å². The normalized spacial score (nSPS) is 11.1. The molecular formula is C20H41O.